The fraction of sp³-hybridized carbons (Fsp3) is 0.222. The fourth-order valence-corrected chi connectivity index (χ4v) is 4.75. The minimum Gasteiger partial charge on any atom is -0.458 e. The largest absolute Gasteiger partial charge is 0.458 e. The van der Waals surface area contributed by atoms with Crippen molar-refractivity contribution in [1.29, 1.82) is 0 Å². The van der Waals surface area contributed by atoms with E-state index in [-0.39, 0.29) is 12.5 Å². The number of rotatable bonds is 3. The molecule has 0 aromatic heterocycles. The standard InChI is InChI=1S/C18H14ClNO3S/c19-13-6-2-1-5-12(13)11-23-17(22)18-10-9-16(21)20(18)14-7-3-4-8-15(14)24-18/h1-8H,9-11H2. The van der Waals surface area contributed by atoms with Crippen LogP contribution < -0.4 is 4.90 Å². The van der Waals surface area contributed by atoms with Crippen LogP contribution in [0.4, 0.5) is 5.69 Å². The second-order valence-electron chi connectivity index (χ2n) is 5.75. The monoisotopic (exact) mass is 359 g/mol. The highest BCUT2D eigenvalue weighted by molar-refractivity contribution is 8.02. The third-order valence-electron chi connectivity index (χ3n) is 4.31. The molecule has 4 nitrogen and oxygen atoms in total. The zero-order valence-electron chi connectivity index (χ0n) is 12.7. The molecule has 0 radical (unpaired) electrons. The molecule has 24 heavy (non-hydrogen) atoms. The van der Waals surface area contributed by atoms with E-state index in [1.807, 2.05) is 42.5 Å². The average molecular weight is 360 g/mol. The lowest BCUT2D eigenvalue weighted by Crippen LogP contribution is -2.47. The van der Waals surface area contributed by atoms with E-state index in [0.717, 1.165) is 16.1 Å². The van der Waals surface area contributed by atoms with Crippen LogP contribution in [0.2, 0.25) is 5.02 Å². The number of benzene rings is 2. The van der Waals surface area contributed by atoms with Gasteiger partial charge in [-0.25, -0.2) is 4.79 Å². The summed E-state index contributed by atoms with van der Waals surface area (Å²) in [5, 5.41) is 0.560. The summed E-state index contributed by atoms with van der Waals surface area (Å²) in [4.78, 5) is 26.8. The van der Waals surface area contributed by atoms with Crippen LogP contribution >= 0.6 is 23.4 Å². The lowest BCUT2D eigenvalue weighted by atomic mass is 10.2. The number of thioether (sulfide) groups is 1. The summed E-state index contributed by atoms with van der Waals surface area (Å²) in [5.74, 6) is -0.434. The summed E-state index contributed by atoms with van der Waals surface area (Å²) in [6.45, 7) is 0.0964. The van der Waals surface area contributed by atoms with Crippen LogP contribution in [0.5, 0.6) is 0 Å². The minimum atomic E-state index is -0.984. The summed E-state index contributed by atoms with van der Waals surface area (Å²) >= 11 is 7.52. The Bertz CT molecular complexity index is 841. The summed E-state index contributed by atoms with van der Waals surface area (Å²) in [6.07, 6.45) is 0.801. The van der Waals surface area contributed by atoms with Gasteiger partial charge in [0.2, 0.25) is 5.91 Å². The first-order valence-corrected chi connectivity index (χ1v) is 8.83. The first-order valence-electron chi connectivity index (χ1n) is 7.63. The number of esters is 1. The van der Waals surface area contributed by atoms with Crippen LogP contribution in [-0.2, 0) is 20.9 Å². The number of hydrogen-bond donors (Lipinski definition) is 0. The molecule has 1 atom stereocenters. The van der Waals surface area contributed by atoms with Crippen molar-refractivity contribution in [3.05, 3.63) is 59.1 Å². The normalized spacial score (nSPS) is 21.5. The Labute approximate surface area is 148 Å². The van der Waals surface area contributed by atoms with Gasteiger partial charge in [-0.1, -0.05) is 53.7 Å². The number of anilines is 1. The Morgan fingerprint density at radius 2 is 1.96 bits per heavy atom. The summed E-state index contributed by atoms with van der Waals surface area (Å²) < 4.78 is 5.54. The van der Waals surface area contributed by atoms with Gasteiger partial charge < -0.3 is 4.74 Å². The van der Waals surface area contributed by atoms with Gasteiger partial charge in [0.1, 0.15) is 6.61 Å². The van der Waals surface area contributed by atoms with Crippen molar-refractivity contribution in [3.8, 4) is 0 Å². The maximum atomic E-state index is 12.9. The molecule has 1 amide bonds. The molecule has 0 saturated carbocycles. The molecule has 1 unspecified atom stereocenters. The zero-order valence-corrected chi connectivity index (χ0v) is 14.3. The third kappa shape index (κ3) is 2.31. The van der Waals surface area contributed by atoms with Crippen LogP contribution in [0, 0.1) is 0 Å². The zero-order chi connectivity index (χ0) is 16.7. The number of hydrogen-bond acceptors (Lipinski definition) is 4. The smallest absolute Gasteiger partial charge is 0.343 e. The lowest BCUT2D eigenvalue weighted by molar-refractivity contribution is -0.148. The van der Waals surface area contributed by atoms with Crippen LogP contribution in [0.15, 0.2) is 53.4 Å². The van der Waals surface area contributed by atoms with Crippen LogP contribution in [-0.4, -0.2) is 16.7 Å². The molecule has 0 bridgehead atoms. The molecule has 4 rings (SSSR count). The Hall–Kier alpha value is -1.98. The summed E-state index contributed by atoms with van der Waals surface area (Å²) in [6, 6.07) is 14.8. The number of para-hydroxylation sites is 1. The van der Waals surface area contributed by atoms with Gasteiger partial charge in [0.05, 0.1) is 5.69 Å². The minimum absolute atomic E-state index is 0.0397. The molecule has 2 aromatic carbocycles. The second kappa shape index (κ2) is 5.83. The third-order valence-corrected chi connectivity index (χ3v) is 6.13. The van der Waals surface area contributed by atoms with E-state index in [1.165, 1.54) is 11.8 Å². The van der Waals surface area contributed by atoms with Crippen molar-refractivity contribution in [2.45, 2.75) is 29.2 Å². The molecule has 2 aromatic rings. The molecule has 0 N–H and O–H groups in total. The van der Waals surface area contributed by atoms with Crippen molar-refractivity contribution in [2.75, 3.05) is 4.90 Å². The van der Waals surface area contributed by atoms with E-state index in [2.05, 4.69) is 0 Å². The molecule has 1 saturated heterocycles. The van der Waals surface area contributed by atoms with Crippen molar-refractivity contribution in [3.63, 3.8) is 0 Å². The van der Waals surface area contributed by atoms with E-state index in [4.69, 9.17) is 16.3 Å². The average Bonchev–Trinajstić information content (AvgIpc) is 3.10. The van der Waals surface area contributed by atoms with Gasteiger partial charge in [-0.15, -0.1) is 0 Å². The van der Waals surface area contributed by atoms with Crippen LogP contribution in [0.1, 0.15) is 18.4 Å². The quantitative estimate of drug-likeness (QED) is 0.777. The van der Waals surface area contributed by atoms with Gasteiger partial charge >= 0.3 is 5.97 Å². The molecule has 0 aliphatic carbocycles. The highest BCUT2D eigenvalue weighted by Gasteiger charge is 2.58. The predicted octanol–water partition coefficient (Wildman–Crippen LogP) is 4.01. The topological polar surface area (TPSA) is 46.6 Å². The molecule has 2 aliphatic rings. The van der Waals surface area contributed by atoms with Crippen molar-refractivity contribution in [2.24, 2.45) is 0 Å². The predicted molar refractivity (Wildman–Crippen MR) is 93.0 cm³/mol. The number of halogens is 1. The van der Waals surface area contributed by atoms with E-state index < -0.39 is 10.8 Å². The Kier molecular flexibility index (Phi) is 3.77. The van der Waals surface area contributed by atoms with Gasteiger partial charge in [-0.2, -0.15) is 0 Å². The molecule has 122 valence electrons. The van der Waals surface area contributed by atoms with Gasteiger partial charge in [-0.3, -0.25) is 9.69 Å². The van der Waals surface area contributed by atoms with E-state index in [9.17, 15) is 9.59 Å². The Morgan fingerprint density at radius 1 is 1.21 bits per heavy atom. The molecular formula is C18H14ClNO3S. The summed E-state index contributed by atoms with van der Waals surface area (Å²) in [5.41, 5.74) is 1.54. The highest BCUT2D eigenvalue weighted by atomic mass is 35.5. The maximum absolute atomic E-state index is 12.9. The molecular weight excluding hydrogens is 346 g/mol. The first-order chi connectivity index (χ1) is 11.6. The fourth-order valence-electron chi connectivity index (χ4n) is 3.14. The highest BCUT2D eigenvalue weighted by Crippen LogP contribution is 2.56. The van der Waals surface area contributed by atoms with Crippen molar-refractivity contribution >= 4 is 40.9 Å². The lowest BCUT2D eigenvalue weighted by Gasteiger charge is -2.28. The molecule has 2 aliphatic heterocycles. The number of fused-ring (bicyclic) bond motifs is 3. The maximum Gasteiger partial charge on any atom is 0.343 e. The van der Waals surface area contributed by atoms with Crippen molar-refractivity contribution < 1.29 is 14.3 Å². The molecule has 0 spiro atoms. The van der Waals surface area contributed by atoms with Crippen LogP contribution in [0.3, 0.4) is 0 Å². The Morgan fingerprint density at radius 3 is 2.79 bits per heavy atom. The van der Waals surface area contributed by atoms with E-state index >= 15 is 0 Å². The summed E-state index contributed by atoms with van der Waals surface area (Å²) in [7, 11) is 0. The second-order valence-corrected chi connectivity index (χ2v) is 7.48. The molecule has 1 fully saturated rings. The van der Waals surface area contributed by atoms with E-state index in [0.29, 0.717) is 17.9 Å². The van der Waals surface area contributed by atoms with Gasteiger partial charge in [0.25, 0.3) is 0 Å². The number of nitrogens with zero attached hydrogens (tertiary/aromatic N) is 1. The SMILES string of the molecule is O=C1CCC2(C(=O)OCc3ccccc3Cl)Sc3ccccc3N12. The molecule has 2 heterocycles. The van der Waals surface area contributed by atoms with Crippen LogP contribution in [0.25, 0.3) is 0 Å². The van der Waals surface area contributed by atoms with Gasteiger partial charge in [0.15, 0.2) is 4.87 Å². The number of carbonyl (C=O) groups is 2. The number of carbonyl (C=O) groups excluding carboxylic acids is 2. The van der Waals surface area contributed by atoms with Gasteiger partial charge in [0, 0.05) is 28.3 Å². The molecule has 6 heteroatoms. The number of ether oxygens (including phenoxy) is 1. The number of amides is 1. The first kappa shape index (κ1) is 15.5. The van der Waals surface area contributed by atoms with Crippen molar-refractivity contribution in [1.82, 2.24) is 0 Å². The van der Waals surface area contributed by atoms with Gasteiger partial charge in [-0.05, 0) is 18.2 Å². The Balaban J connectivity index is 1.60. The van der Waals surface area contributed by atoms with E-state index in [1.54, 1.807) is 11.0 Å².